The molecule has 0 N–H and O–H groups in total. The Morgan fingerprint density at radius 3 is 2.39 bits per heavy atom. The minimum absolute atomic E-state index is 0.0101. The van der Waals surface area contributed by atoms with Gasteiger partial charge in [0, 0.05) is 24.3 Å². The maximum atomic E-state index is 12.9. The van der Waals surface area contributed by atoms with Gasteiger partial charge < -0.3 is 4.74 Å². The summed E-state index contributed by atoms with van der Waals surface area (Å²) in [6.45, 7) is 0. The molecule has 90 valence electrons. The Labute approximate surface area is 106 Å². The van der Waals surface area contributed by atoms with Crippen molar-refractivity contribution in [2.75, 3.05) is 0 Å². The van der Waals surface area contributed by atoms with Crippen molar-refractivity contribution >= 4 is 11.6 Å². The average molecular weight is 267 g/mol. The van der Waals surface area contributed by atoms with Crippen LogP contribution in [-0.4, -0.2) is 4.98 Å². The minimum atomic E-state index is -0.771. The van der Waals surface area contributed by atoms with E-state index in [9.17, 15) is 8.78 Å². The van der Waals surface area contributed by atoms with Gasteiger partial charge in [0.05, 0.1) is 11.6 Å². The minimum Gasteiger partial charge on any atom is -0.439 e. The lowest BCUT2D eigenvalue weighted by Crippen LogP contribution is -1.91. The molecule has 18 heavy (non-hydrogen) atoms. The smallest absolute Gasteiger partial charge is 0.221 e. The highest BCUT2D eigenvalue weighted by Crippen LogP contribution is 2.24. The van der Waals surface area contributed by atoms with Crippen molar-refractivity contribution in [3.63, 3.8) is 0 Å². The number of nitriles is 1. The standard InChI is InChI=1S/C12H5ClF2N2O/c13-11-1-7(6-16)2-12(17-11)18-10-4-8(14)3-9(15)5-10/h1-5H. The third kappa shape index (κ3) is 2.93. The number of hydrogen-bond donors (Lipinski definition) is 0. The van der Waals surface area contributed by atoms with Gasteiger partial charge in [0.1, 0.15) is 22.5 Å². The number of ether oxygens (including phenoxy) is 1. The number of benzene rings is 1. The van der Waals surface area contributed by atoms with Crippen molar-refractivity contribution in [3.05, 3.63) is 52.7 Å². The monoisotopic (exact) mass is 266 g/mol. The molecule has 0 atom stereocenters. The summed E-state index contributed by atoms with van der Waals surface area (Å²) in [4.78, 5) is 3.78. The van der Waals surface area contributed by atoms with Gasteiger partial charge >= 0.3 is 0 Å². The molecule has 1 heterocycles. The number of aromatic nitrogens is 1. The quantitative estimate of drug-likeness (QED) is 0.779. The SMILES string of the molecule is N#Cc1cc(Cl)nc(Oc2cc(F)cc(F)c2)c1. The molecule has 3 nitrogen and oxygen atoms in total. The Hall–Kier alpha value is -2.19. The van der Waals surface area contributed by atoms with Gasteiger partial charge in [-0.15, -0.1) is 0 Å². The van der Waals surface area contributed by atoms with E-state index in [1.807, 2.05) is 6.07 Å². The van der Waals surface area contributed by atoms with E-state index in [-0.39, 0.29) is 22.3 Å². The van der Waals surface area contributed by atoms with E-state index >= 15 is 0 Å². The van der Waals surface area contributed by atoms with E-state index in [4.69, 9.17) is 21.6 Å². The molecule has 0 amide bonds. The fraction of sp³-hybridized carbons (Fsp3) is 0. The van der Waals surface area contributed by atoms with E-state index in [1.165, 1.54) is 12.1 Å². The molecule has 6 heteroatoms. The van der Waals surface area contributed by atoms with E-state index in [0.717, 1.165) is 18.2 Å². The Balaban J connectivity index is 2.34. The molecule has 0 radical (unpaired) electrons. The largest absolute Gasteiger partial charge is 0.439 e. The molecule has 0 unspecified atom stereocenters. The fourth-order valence-corrected chi connectivity index (χ4v) is 1.50. The first kappa shape index (κ1) is 12.3. The lowest BCUT2D eigenvalue weighted by atomic mass is 10.3. The summed E-state index contributed by atoms with van der Waals surface area (Å²) in [5.74, 6) is -1.62. The number of rotatable bonds is 2. The maximum Gasteiger partial charge on any atom is 0.221 e. The zero-order valence-corrected chi connectivity index (χ0v) is 9.58. The van der Waals surface area contributed by atoms with Crippen LogP contribution in [0.3, 0.4) is 0 Å². The molecular weight excluding hydrogens is 262 g/mol. The second-order valence-corrected chi connectivity index (χ2v) is 3.72. The molecule has 0 saturated heterocycles. The van der Waals surface area contributed by atoms with E-state index in [0.29, 0.717) is 0 Å². The van der Waals surface area contributed by atoms with E-state index in [2.05, 4.69) is 4.98 Å². The molecule has 0 bridgehead atoms. The third-order valence-corrected chi connectivity index (χ3v) is 2.15. The van der Waals surface area contributed by atoms with Gasteiger partial charge in [0.15, 0.2) is 0 Å². The molecule has 2 rings (SSSR count). The molecule has 0 spiro atoms. The first-order chi connectivity index (χ1) is 8.56. The van der Waals surface area contributed by atoms with Crippen LogP contribution in [0.1, 0.15) is 5.56 Å². The van der Waals surface area contributed by atoms with Gasteiger partial charge in [-0.1, -0.05) is 11.6 Å². The molecule has 2 aromatic rings. The first-order valence-electron chi connectivity index (χ1n) is 4.78. The molecule has 0 aliphatic heterocycles. The van der Waals surface area contributed by atoms with Crippen LogP contribution in [-0.2, 0) is 0 Å². The summed E-state index contributed by atoms with van der Waals surface area (Å²) in [5.41, 5.74) is 0.238. The molecule has 1 aromatic heterocycles. The predicted molar refractivity (Wildman–Crippen MR) is 60.4 cm³/mol. The lowest BCUT2D eigenvalue weighted by molar-refractivity contribution is 0.451. The third-order valence-electron chi connectivity index (χ3n) is 1.96. The summed E-state index contributed by atoms with van der Waals surface area (Å²) in [5, 5.41) is 8.79. The molecule has 0 aliphatic rings. The number of nitrogens with zero attached hydrogens (tertiary/aromatic N) is 2. The van der Waals surface area contributed by atoms with Crippen LogP contribution in [0.25, 0.3) is 0 Å². The number of pyridine rings is 1. The Morgan fingerprint density at radius 2 is 1.78 bits per heavy atom. The van der Waals surface area contributed by atoms with Gasteiger partial charge in [-0.05, 0) is 6.07 Å². The van der Waals surface area contributed by atoms with Crippen LogP contribution >= 0.6 is 11.6 Å². The molecular formula is C12H5ClF2N2O. The average Bonchev–Trinajstić information content (AvgIpc) is 2.26. The van der Waals surface area contributed by atoms with Crippen molar-refractivity contribution in [2.24, 2.45) is 0 Å². The summed E-state index contributed by atoms with van der Waals surface area (Å²) in [7, 11) is 0. The van der Waals surface area contributed by atoms with Crippen molar-refractivity contribution in [3.8, 4) is 17.7 Å². The van der Waals surface area contributed by atoms with Gasteiger partial charge in [0.25, 0.3) is 0 Å². The summed E-state index contributed by atoms with van der Waals surface area (Å²) in [6, 6.07) is 7.24. The summed E-state index contributed by atoms with van der Waals surface area (Å²) < 4.78 is 31.0. The molecule has 0 saturated carbocycles. The lowest BCUT2D eigenvalue weighted by Gasteiger charge is -2.05. The van der Waals surface area contributed by atoms with Crippen molar-refractivity contribution in [2.45, 2.75) is 0 Å². The molecule has 0 aliphatic carbocycles. The van der Waals surface area contributed by atoms with Crippen LogP contribution in [0, 0.1) is 23.0 Å². The second-order valence-electron chi connectivity index (χ2n) is 3.34. The Morgan fingerprint density at radius 1 is 1.11 bits per heavy atom. The Kier molecular flexibility index (Phi) is 3.40. The number of hydrogen-bond acceptors (Lipinski definition) is 3. The van der Waals surface area contributed by atoms with E-state index in [1.54, 1.807) is 0 Å². The van der Waals surface area contributed by atoms with Crippen LogP contribution < -0.4 is 4.74 Å². The summed E-state index contributed by atoms with van der Waals surface area (Å²) in [6.07, 6.45) is 0. The predicted octanol–water partition coefficient (Wildman–Crippen LogP) is 3.68. The van der Waals surface area contributed by atoms with Crippen molar-refractivity contribution in [1.29, 1.82) is 5.26 Å². The van der Waals surface area contributed by atoms with E-state index < -0.39 is 11.6 Å². The van der Waals surface area contributed by atoms with Crippen LogP contribution in [0.5, 0.6) is 11.6 Å². The Bertz CT molecular complexity index is 620. The van der Waals surface area contributed by atoms with Gasteiger partial charge in [0.2, 0.25) is 5.88 Å². The zero-order valence-electron chi connectivity index (χ0n) is 8.82. The first-order valence-corrected chi connectivity index (χ1v) is 5.16. The topological polar surface area (TPSA) is 45.9 Å². The van der Waals surface area contributed by atoms with Crippen molar-refractivity contribution in [1.82, 2.24) is 4.98 Å². The van der Waals surface area contributed by atoms with Gasteiger partial charge in [-0.2, -0.15) is 5.26 Å². The molecule has 0 fully saturated rings. The van der Waals surface area contributed by atoms with Crippen LogP contribution in [0.4, 0.5) is 8.78 Å². The fourth-order valence-electron chi connectivity index (χ4n) is 1.30. The highest BCUT2D eigenvalue weighted by molar-refractivity contribution is 6.29. The zero-order chi connectivity index (χ0) is 13.1. The highest BCUT2D eigenvalue weighted by Gasteiger charge is 2.06. The summed E-state index contributed by atoms with van der Waals surface area (Å²) >= 11 is 5.67. The van der Waals surface area contributed by atoms with Gasteiger partial charge in [-0.25, -0.2) is 13.8 Å². The maximum absolute atomic E-state index is 12.9. The van der Waals surface area contributed by atoms with Crippen LogP contribution in [0.15, 0.2) is 30.3 Å². The number of halogens is 3. The highest BCUT2D eigenvalue weighted by atomic mass is 35.5. The molecule has 1 aromatic carbocycles. The van der Waals surface area contributed by atoms with Crippen LogP contribution in [0.2, 0.25) is 5.15 Å². The van der Waals surface area contributed by atoms with Gasteiger partial charge in [-0.3, -0.25) is 0 Å². The van der Waals surface area contributed by atoms with Crippen molar-refractivity contribution < 1.29 is 13.5 Å². The normalized spacial score (nSPS) is 9.89. The second kappa shape index (κ2) is 4.98.